The molecule has 0 N–H and O–H groups in total. The maximum atomic E-state index is 11.8. The lowest BCUT2D eigenvalue weighted by atomic mass is 9.86. The van der Waals surface area contributed by atoms with E-state index in [9.17, 15) is 9.90 Å². The zero-order valence-electron chi connectivity index (χ0n) is 13.5. The number of nitrogens with zero attached hydrogens (tertiary/aromatic N) is 1. The van der Waals surface area contributed by atoms with Gasteiger partial charge in [0.2, 0.25) is 0 Å². The molecule has 4 heteroatoms. The van der Waals surface area contributed by atoms with Gasteiger partial charge in [0.25, 0.3) is 0 Å². The lowest BCUT2D eigenvalue weighted by Gasteiger charge is -2.23. The van der Waals surface area contributed by atoms with Crippen molar-refractivity contribution in [1.82, 2.24) is 4.98 Å². The van der Waals surface area contributed by atoms with Crippen molar-refractivity contribution in [2.24, 2.45) is 0 Å². The number of aromatic carboxylic acids is 1. The predicted molar refractivity (Wildman–Crippen MR) is 101 cm³/mol. The zero-order chi connectivity index (χ0) is 17.4. The Morgan fingerprint density at radius 1 is 1.08 bits per heavy atom. The second-order valence-electron chi connectivity index (χ2n) is 6.16. The number of aromatic nitrogens is 1. The van der Waals surface area contributed by atoms with Gasteiger partial charge < -0.3 is 9.90 Å². The summed E-state index contributed by atoms with van der Waals surface area (Å²) in [6, 6.07) is 15.4. The molecule has 0 fully saturated rings. The second kappa shape index (κ2) is 6.45. The van der Waals surface area contributed by atoms with Crippen molar-refractivity contribution in [3.63, 3.8) is 0 Å². The first kappa shape index (κ1) is 16.0. The van der Waals surface area contributed by atoms with Gasteiger partial charge >= 0.3 is 0 Å². The highest BCUT2D eigenvalue weighted by Crippen LogP contribution is 2.36. The van der Waals surface area contributed by atoms with Crippen LogP contribution in [0, 0.1) is 0 Å². The van der Waals surface area contributed by atoms with Crippen LogP contribution in [0.2, 0.25) is 0 Å². The van der Waals surface area contributed by atoms with Gasteiger partial charge in [-0.15, -0.1) is 0 Å². The SMILES string of the molecule is O=C([O-])c1c2c(nc3ccccc13)/C(=C/c1ccccc1Br)CCC2. The van der Waals surface area contributed by atoms with Crippen LogP contribution < -0.4 is 5.11 Å². The number of carbonyl (C=O) groups excluding carboxylic acids is 1. The van der Waals surface area contributed by atoms with Gasteiger partial charge in [0, 0.05) is 15.4 Å². The van der Waals surface area contributed by atoms with E-state index in [-0.39, 0.29) is 0 Å². The summed E-state index contributed by atoms with van der Waals surface area (Å²) in [5.41, 5.74) is 4.71. The fraction of sp³-hybridized carbons (Fsp3) is 0.143. The van der Waals surface area contributed by atoms with Crippen molar-refractivity contribution < 1.29 is 9.90 Å². The molecule has 0 saturated heterocycles. The molecule has 0 unspecified atom stereocenters. The zero-order valence-corrected chi connectivity index (χ0v) is 15.0. The minimum atomic E-state index is -1.13. The highest BCUT2D eigenvalue weighted by molar-refractivity contribution is 9.10. The standard InChI is InChI=1S/C21H16BrNO2/c22-17-10-3-1-6-13(17)12-14-7-5-9-16-19(21(24)25)15-8-2-4-11-18(15)23-20(14)16/h1-4,6,8,10-12H,5,7,9H2,(H,24,25)/p-1/b14-12+. The number of fused-ring (bicyclic) bond motifs is 2. The number of allylic oxidation sites excluding steroid dienone is 1. The predicted octanol–water partition coefficient (Wildman–Crippen LogP) is 4.24. The van der Waals surface area contributed by atoms with Crippen LogP contribution in [0.5, 0.6) is 0 Å². The Kier molecular flexibility index (Phi) is 4.14. The smallest absolute Gasteiger partial charge is 0.0725 e. The lowest BCUT2D eigenvalue weighted by molar-refractivity contribution is -0.254. The molecule has 1 heterocycles. The van der Waals surface area contributed by atoms with E-state index in [1.165, 1.54) is 0 Å². The van der Waals surface area contributed by atoms with Crippen molar-refractivity contribution >= 4 is 44.5 Å². The van der Waals surface area contributed by atoms with Crippen LogP contribution >= 0.6 is 15.9 Å². The van der Waals surface area contributed by atoms with Crippen LogP contribution in [-0.4, -0.2) is 11.0 Å². The first-order valence-corrected chi connectivity index (χ1v) is 9.03. The molecule has 0 saturated carbocycles. The van der Waals surface area contributed by atoms with Crippen molar-refractivity contribution in [1.29, 1.82) is 0 Å². The van der Waals surface area contributed by atoms with E-state index in [4.69, 9.17) is 4.98 Å². The molecule has 0 bridgehead atoms. The summed E-state index contributed by atoms with van der Waals surface area (Å²) in [4.78, 5) is 16.6. The quantitative estimate of drug-likeness (QED) is 0.655. The summed E-state index contributed by atoms with van der Waals surface area (Å²) in [6.07, 6.45) is 4.60. The van der Waals surface area contributed by atoms with E-state index in [1.807, 2.05) is 42.5 Å². The maximum Gasteiger partial charge on any atom is 0.0725 e. The molecule has 0 radical (unpaired) electrons. The number of hydrogen-bond acceptors (Lipinski definition) is 3. The first-order valence-electron chi connectivity index (χ1n) is 8.23. The molecular weight excluding hydrogens is 378 g/mol. The number of hydrogen-bond donors (Lipinski definition) is 0. The van der Waals surface area contributed by atoms with Gasteiger partial charge in [-0.2, -0.15) is 0 Å². The van der Waals surface area contributed by atoms with Crippen molar-refractivity contribution in [2.45, 2.75) is 19.3 Å². The van der Waals surface area contributed by atoms with Gasteiger partial charge in [-0.1, -0.05) is 52.3 Å². The molecule has 124 valence electrons. The van der Waals surface area contributed by atoms with Crippen LogP contribution in [0.25, 0.3) is 22.6 Å². The number of carboxylic acid groups (broad SMARTS) is 1. The molecule has 1 aliphatic carbocycles. The highest BCUT2D eigenvalue weighted by atomic mass is 79.9. The molecule has 1 aliphatic rings. The Morgan fingerprint density at radius 3 is 2.64 bits per heavy atom. The minimum absolute atomic E-state index is 0.290. The summed E-state index contributed by atoms with van der Waals surface area (Å²) in [5, 5.41) is 12.5. The van der Waals surface area contributed by atoms with Crippen molar-refractivity contribution in [2.75, 3.05) is 0 Å². The lowest BCUT2D eigenvalue weighted by Crippen LogP contribution is -2.26. The maximum absolute atomic E-state index is 11.8. The number of pyridine rings is 1. The summed E-state index contributed by atoms with van der Waals surface area (Å²) in [6.45, 7) is 0. The van der Waals surface area contributed by atoms with Gasteiger partial charge in [-0.3, -0.25) is 0 Å². The van der Waals surface area contributed by atoms with E-state index in [1.54, 1.807) is 6.07 Å². The summed E-state index contributed by atoms with van der Waals surface area (Å²) < 4.78 is 1.01. The Bertz CT molecular complexity index is 1020. The van der Waals surface area contributed by atoms with E-state index in [0.717, 1.165) is 39.7 Å². The largest absolute Gasteiger partial charge is 0.545 e. The molecule has 25 heavy (non-hydrogen) atoms. The molecule has 3 nitrogen and oxygen atoms in total. The number of para-hydroxylation sites is 1. The van der Waals surface area contributed by atoms with Gasteiger partial charge in [-0.05, 0) is 54.2 Å². The summed E-state index contributed by atoms with van der Waals surface area (Å²) >= 11 is 3.57. The second-order valence-corrected chi connectivity index (χ2v) is 7.02. The number of rotatable bonds is 2. The average Bonchev–Trinajstić information content (AvgIpc) is 2.61. The molecule has 4 rings (SSSR count). The Morgan fingerprint density at radius 2 is 1.84 bits per heavy atom. The molecule has 0 amide bonds. The number of carbonyl (C=O) groups is 1. The number of carboxylic acids is 1. The fourth-order valence-electron chi connectivity index (χ4n) is 3.49. The first-order chi connectivity index (χ1) is 12.1. The van der Waals surface area contributed by atoms with E-state index in [0.29, 0.717) is 22.9 Å². The Balaban J connectivity index is 1.99. The van der Waals surface area contributed by atoms with Gasteiger partial charge in [-0.25, -0.2) is 4.98 Å². The number of halogens is 1. The third kappa shape index (κ3) is 2.87. The molecule has 2 aromatic carbocycles. The highest BCUT2D eigenvalue weighted by Gasteiger charge is 2.22. The van der Waals surface area contributed by atoms with Crippen LogP contribution in [0.4, 0.5) is 0 Å². The van der Waals surface area contributed by atoms with Crippen molar-refractivity contribution in [3.8, 4) is 0 Å². The molecule has 0 aliphatic heterocycles. The Labute approximate surface area is 154 Å². The van der Waals surface area contributed by atoms with Crippen molar-refractivity contribution in [3.05, 3.63) is 75.4 Å². The van der Waals surface area contributed by atoms with Gasteiger partial charge in [0.05, 0.1) is 17.2 Å². The fourth-order valence-corrected chi connectivity index (χ4v) is 3.89. The average molecular weight is 393 g/mol. The molecule has 0 spiro atoms. The summed E-state index contributed by atoms with van der Waals surface area (Å²) in [7, 11) is 0. The van der Waals surface area contributed by atoms with E-state index < -0.39 is 5.97 Å². The molecule has 0 atom stereocenters. The molecule has 1 aromatic heterocycles. The number of benzene rings is 2. The van der Waals surface area contributed by atoms with Gasteiger partial charge in [0.15, 0.2) is 0 Å². The third-order valence-corrected chi connectivity index (χ3v) is 5.33. The van der Waals surface area contributed by atoms with Crippen LogP contribution in [0.15, 0.2) is 53.0 Å². The summed E-state index contributed by atoms with van der Waals surface area (Å²) in [5.74, 6) is -1.13. The van der Waals surface area contributed by atoms with Crippen LogP contribution in [-0.2, 0) is 6.42 Å². The normalized spacial score (nSPS) is 15.3. The minimum Gasteiger partial charge on any atom is -0.545 e. The van der Waals surface area contributed by atoms with Crippen LogP contribution in [0.1, 0.15) is 40.0 Å². The van der Waals surface area contributed by atoms with E-state index in [2.05, 4.69) is 22.0 Å². The monoisotopic (exact) mass is 392 g/mol. The van der Waals surface area contributed by atoms with Crippen LogP contribution in [0.3, 0.4) is 0 Å². The third-order valence-electron chi connectivity index (χ3n) is 4.61. The topological polar surface area (TPSA) is 53.0 Å². The Hall–Kier alpha value is -2.46. The van der Waals surface area contributed by atoms with E-state index >= 15 is 0 Å². The molecule has 3 aromatic rings. The van der Waals surface area contributed by atoms with Gasteiger partial charge in [0.1, 0.15) is 0 Å². The molecular formula is C21H15BrNO2-.